The third-order valence-electron chi connectivity index (χ3n) is 5.62. The van der Waals surface area contributed by atoms with Crippen LogP contribution in [0.4, 0.5) is 0 Å². The average Bonchev–Trinajstić information content (AvgIpc) is 3.22. The van der Waals surface area contributed by atoms with Crippen LogP contribution in [0, 0.1) is 0 Å². The molecule has 2 aliphatic rings. The fraction of sp³-hybridized carbons (Fsp3) is 0.435. The Bertz CT molecular complexity index is 819. The van der Waals surface area contributed by atoms with Crippen LogP contribution in [-0.4, -0.2) is 66.7 Å². The van der Waals surface area contributed by atoms with Crippen molar-refractivity contribution in [3.05, 3.63) is 59.7 Å². The second-order valence-electron chi connectivity index (χ2n) is 7.63. The average molecular weight is 396 g/mol. The maximum Gasteiger partial charge on any atom is 0.237 e. The van der Waals surface area contributed by atoms with E-state index in [-0.39, 0.29) is 5.91 Å². The second kappa shape index (κ2) is 9.29. The van der Waals surface area contributed by atoms with Crippen LogP contribution in [0.5, 0.6) is 11.5 Å². The standard InChI is InChI=1S/C23H29N3O3/c1-2-26(16-19-6-4-3-5-7-19)23(27)17-25-12-10-24(11-13-25)15-20-8-9-21-22(14-20)29-18-28-21/h3-9,14H,2,10-13,15-18H2,1H3. The molecule has 6 nitrogen and oxygen atoms in total. The highest BCUT2D eigenvalue weighted by Gasteiger charge is 2.22. The lowest BCUT2D eigenvalue weighted by Crippen LogP contribution is -2.49. The van der Waals surface area contributed by atoms with Gasteiger partial charge in [0, 0.05) is 45.8 Å². The molecule has 0 bridgehead atoms. The number of amides is 1. The molecule has 2 aromatic carbocycles. The summed E-state index contributed by atoms with van der Waals surface area (Å²) in [6, 6.07) is 16.4. The summed E-state index contributed by atoms with van der Waals surface area (Å²) in [5.74, 6) is 1.87. The molecule has 0 saturated carbocycles. The smallest absolute Gasteiger partial charge is 0.237 e. The number of carbonyl (C=O) groups is 1. The molecule has 2 aromatic rings. The SMILES string of the molecule is CCN(Cc1ccccc1)C(=O)CN1CCN(Cc2ccc3c(c2)OCO3)CC1. The van der Waals surface area contributed by atoms with Gasteiger partial charge in [-0.25, -0.2) is 0 Å². The van der Waals surface area contributed by atoms with Crippen LogP contribution >= 0.6 is 0 Å². The Labute approximate surface area is 172 Å². The van der Waals surface area contributed by atoms with E-state index in [9.17, 15) is 4.79 Å². The van der Waals surface area contributed by atoms with Crippen molar-refractivity contribution in [1.82, 2.24) is 14.7 Å². The van der Waals surface area contributed by atoms with Crippen LogP contribution in [-0.2, 0) is 17.9 Å². The van der Waals surface area contributed by atoms with Crippen LogP contribution in [0.25, 0.3) is 0 Å². The topological polar surface area (TPSA) is 45.3 Å². The van der Waals surface area contributed by atoms with Crippen LogP contribution in [0.15, 0.2) is 48.5 Å². The van der Waals surface area contributed by atoms with Gasteiger partial charge in [-0.2, -0.15) is 0 Å². The second-order valence-corrected chi connectivity index (χ2v) is 7.63. The lowest BCUT2D eigenvalue weighted by molar-refractivity contribution is -0.133. The molecule has 0 aromatic heterocycles. The van der Waals surface area contributed by atoms with Gasteiger partial charge in [0.2, 0.25) is 12.7 Å². The number of nitrogens with zero attached hydrogens (tertiary/aromatic N) is 3. The van der Waals surface area contributed by atoms with Crippen molar-refractivity contribution in [2.24, 2.45) is 0 Å². The molecule has 6 heteroatoms. The van der Waals surface area contributed by atoms with Crippen molar-refractivity contribution in [2.75, 3.05) is 46.1 Å². The third-order valence-corrected chi connectivity index (χ3v) is 5.62. The number of hydrogen-bond donors (Lipinski definition) is 0. The molecule has 0 aliphatic carbocycles. The molecule has 0 atom stereocenters. The van der Waals surface area contributed by atoms with Gasteiger partial charge in [0.15, 0.2) is 11.5 Å². The molecule has 4 rings (SSSR count). The molecule has 0 radical (unpaired) electrons. The fourth-order valence-electron chi connectivity index (χ4n) is 3.87. The molecular formula is C23H29N3O3. The van der Waals surface area contributed by atoms with Crippen molar-refractivity contribution in [3.8, 4) is 11.5 Å². The third kappa shape index (κ3) is 5.08. The van der Waals surface area contributed by atoms with Gasteiger partial charge in [-0.1, -0.05) is 36.4 Å². The Morgan fingerprint density at radius 1 is 0.931 bits per heavy atom. The summed E-state index contributed by atoms with van der Waals surface area (Å²) < 4.78 is 10.9. The molecule has 0 N–H and O–H groups in total. The van der Waals surface area contributed by atoms with E-state index in [2.05, 4.69) is 34.1 Å². The predicted octanol–water partition coefficient (Wildman–Crippen LogP) is 2.58. The number of rotatable bonds is 7. The van der Waals surface area contributed by atoms with Crippen LogP contribution in [0.3, 0.4) is 0 Å². The monoisotopic (exact) mass is 395 g/mol. The Hall–Kier alpha value is -2.57. The zero-order valence-electron chi connectivity index (χ0n) is 17.0. The summed E-state index contributed by atoms with van der Waals surface area (Å²) in [6.45, 7) is 8.93. The Kier molecular flexibility index (Phi) is 6.32. The summed E-state index contributed by atoms with van der Waals surface area (Å²) in [7, 11) is 0. The predicted molar refractivity (Wildman–Crippen MR) is 112 cm³/mol. The first kappa shape index (κ1) is 19.7. The molecule has 29 heavy (non-hydrogen) atoms. The van der Waals surface area contributed by atoms with Gasteiger partial charge in [-0.3, -0.25) is 14.6 Å². The van der Waals surface area contributed by atoms with Gasteiger partial charge in [0.25, 0.3) is 0 Å². The highest BCUT2D eigenvalue weighted by atomic mass is 16.7. The van der Waals surface area contributed by atoms with E-state index >= 15 is 0 Å². The molecule has 2 heterocycles. The van der Waals surface area contributed by atoms with Gasteiger partial charge in [0.1, 0.15) is 0 Å². The number of fused-ring (bicyclic) bond motifs is 1. The largest absolute Gasteiger partial charge is 0.454 e. The molecule has 1 fully saturated rings. The first-order valence-electron chi connectivity index (χ1n) is 10.4. The van der Waals surface area contributed by atoms with Gasteiger partial charge in [0.05, 0.1) is 6.54 Å². The number of ether oxygens (including phenoxy) is 2. The van der Waals surface area contributed by atoms with Gasteiger partial charge in [-0.15, -0.1) is 0 Å². The van der Waals surface area contributed by atoms with E-state index in [4.69, 9.17) is 9.47 Å². The van der Waals surface area contributed by atoms with E-state index < -0.39 is 0 Å². The number of hydrogen-bond acceptors (Lipinski definition) is 5. The quantitative estimate of drug-likeness (QED) is 0.721. The van der Waals surface area contributed by atoms with Crippen molar-refractivity contribution in [3.63, 3.8) is 0 Å². The van der Waals surface area contributed by atoms with E-state index in [1.807, 2.05) is 36.1 Å². The summed E-state index contributed by atoms with van der Waals surface area (Å²) in [6.07, 6.45) is 0. The van der Waals surface area contributed by atoms with Gasteiger partial charge in [-0.05, 0) is 30.2 Å². The summed E-state index contributed by atoms with van der Waals surface area (Å²) in [4.78, 5) is 19.4. The minimum atomic E-state index is 0.209. The van der Waals surface area contributed by atoms with E-state index in [0.717, 1.165) is 50.8 Å². The molecule has 2 aliphatic heterocycles. The first-order valence-corrected chi connectivity index (χ1v) is 10.4. The molecule has 0 spiro atoms. The van der Waals surface area contributed by atoms with Gasteiger partial charge < -0.3 is 14.4 Å². The fourth-order valence-corrected chi connectivity index (χ4v) is 3.87. The van der Waals surface area contributed by atoms with Crippen LogP contribution in [0.1, 0.15) is 18.1 Å². The van der Waals surface area contributed by atoms with Crippen molar-refractivity contribution in [2.45, 2.75) is 20.0 Å². The maximum absolute atomic E-state index is 12.8. The molecule has 0 unspecified atom stereocenters. The van der Waals surface area contributed by atoms with E-state index in [0.29, 0.717) is 19.9 Å². The number of carbonyl (C=O) groups excluding carboxylic acids is 1. The first-order chi connectivity index (χ1) is 14.2. The van der Waals surface area contributed by atoms with Crippen LogP contribution in [0.2, 0.25) is 0 Å². The maximum atomic E-state index is 12.8. The highest BCUT2D eigenvalue weighted by Crippen LogP contribution is 2.32. The Morgan fingerprint density at radius 3 is 2.41 bits per heavy atom. The highest BCUT2D eigenvalue weighted by molar-refractivity contribution is 5.78. The van der Waals surface area contributed by atoms with E-state index in [1.54, 1.807) is 0 Å². The summed E-state index contributed by atoms with van der Waals surface area (Å²) in [5, 5.41) is 0. The summed E-state index contributed by atoms with van der Waals surface area (Å²) >= 11 is 0. The molecule has 1 saturated heterocycles. The van der Waals surface area contributed by atoms with Crippen molar-refractivity contribution < 1.29 is 14.3 Å². The van der Waals surface area contributed by atoms with E-state index in [1.165, 1.54) is 11.1 Å². The normalized spacial score (nSPS) is 16.7. The molecule has 154 valence electrons. The Morgan fingerprint density at radius 2 is 1.66 bits per heavy atom. The minimum absolute atomic E-state index is 0.209. The van der Waals surface area contributed by atoms with Crippen molar-refractivity contribution >= 4 is 5.91 Å². The minimum Gasteiger partial charge on any atom is -0.454 e. The van der Waals surface area contributed by atoms with Gasteiger partial charge >= 0.3 is 0 Å². The lowest BCUT2D eigenvalue weighted by atomic mass is 10.1. The summed E-state index contributed by atoms with van der Waals surface area (Å²) in [5.41, 5.74) is 2.41. The number of likely N-dealkylation sites (N-methyl/N-ethyl adjacent to an activating group) is 1. The zero-order chi connectivity index (χ0) is 20.1. The molecule has 1 amide bonds. The molecular weight excluding hydrogens is 366 g/mol. The van der Waals surface area contributed by atoms with Crippen molar-refractivity contribution in [1.29, 1.82) is 0 Å². The zero-order valence-corrected chi connectivity index (χ0v) is 17.0. The lowest BCUT2D eigenvalue weighted by Gasteiger charge is -2.35. The van der Waals surface area contributed by atoms with Crippen LogP contribution < -0.4 is 9.47 Å². The number of piperazine rings is 1. The number of benzene rings is 2. The Balaban J connectivity index is 1.24.